The van der Waals surface area contributed by atoms with Gasteiger partial charge in [-0.05, 0) is 49.2 Å². The number of para-hydroxylation sites is 2. The summed E-state index contributed by atoms with van der Waals surface area (Å²) >= 11 is 2.85. The number of rotatable bonds is 8. The van der Waals surface area contributed by atoms with Crippen LogP contribution in [0.15, 0.2) is 64.8 Å². The largest absolute Gasteiger partial charge is 0.485 e. The predicted molar refractivity (Wildman–Crippen MR) is 123 cm³/mol. The second-order valence-corrected chi connectivity index (χ2v) is 8.51. The van der Waals surface area contributed by atoms with E-state index >= 15 is 0 Å². The molecule has 0 saturated carbocycles. The highest BCUT2D eigenvalue weighted by molar-refractivity contribution is 7.99. The van der Waals surface area contributed by atoms with Crippen molar-refractivity contribution in [3.63, 3.8) is 0 Å². The van der Waals surface area contributed by atoms with Crippen molar-refractivity contribution in [1.82, 2.24) is 19.7 Å². The Hall–Kier alpha value is -3.17. The zero-order valence-corrected chi connectivity index (χ0v) is 18.7. The van der Waals surface area contributed by atoms with E-state index in [1.54, 1.807) is 11.8 Å². The third-order valence-corrected chi connectivity index (χ3v) is 6.22. The van der Waals surface area contributed by atoms with Gasteiger partial charge in [-0.3, -0.25) is 9.36 Å². The molecule has 7 nitrogen and oxygen atoms in total. The number of thioether (sulfide) groups is 1. The van der Waals surface area contributed by atoms with Crippen molar-refractivity contribution in [2.24, 2.45) is 0 Å². The van der Waals surface area contributed by atoms with Gasteiger partial charge in [-0.1, -0.05) is 30.0 Å². The van der Waals surface area contributed by atoms with Gasteiger partial charge in [0.05, 0.1) is 22.6 Å². The number of carbonyl (C=O) groups excluding carboxylic acids is 1. The number of thiazole rings is 1. The highest BCUT2D eigenvalue weighted by atomic mass is 32.2. The third-order valence-electron chi connectivity index (χ3n) is 4.64. The van der Waals surface area contributed by atoms with Crippen LogP contribution in [0.4, 0.5) is 5.69 Å². The van der Waals surface area contributed by atoms with Crippen LogP contribution in [0.5, 0.6) is 5.75 Å². The minimum Gasteiger partial charge on any atom is -0.485 e. The molecular formula is C22H21N5O2S2. The quantitative estimate of drug-likeness (QED) is 0.393. The molecule has 31 heavy (non-hydrogen) atoms. The Balaban J connectivity index is 1.38. The SMILES string of the molecule is Cc1ccc(-n2cnnc2SCC(=O)Nc2ccccc2OCc2cscn2)cc1C. The molecule has 0 aliphatic rings. The third kappa shape index (κ3) is 5.31. The summed E-state index contributed by atoms with van der Waals surface area (Å²) < 4.78 is 7.71. The zero-order valence-electron chi connectivity index (χ0n) is 17.1. The fourth-order valence-electron chi connectivity index (χ4n) is 2.85. The molecule has 0 atom stereocenters. The van der Waals surface area contributed by atoms with Crippen LogP contribution >= 0.6 is 23.1 Å². The first-order chi connectivity index (χ1) is 15.1. The molecule has 0 bridgehead atoms. The summed E-state index contributed by atoms with van der Waals surface area (Å²) in [6.45, 7) is 4.49. The number of benzene rings is 2. The fraction of sp³-hybridized carbons (Fsp3) is 0.182. The molecule has 4 aromatic rings. The summed E-state index contributed by atoms with van der Waals surface area (Å²) in [5, 5.41) is 13.7. The molecule has 0 aliphatic carbocycles. The van der Waals surface area contributed by atoms with E-state index < -0.39 is 0 Å². The van der Waals surface area contributed by atoms with Gasteiger partial charge in [0.15, 0.2) is 5.16 Å². The molecule has 0 saturated heterocycles. The second kappa shape index (κ2) is 9.76. The van der Waals surface area contributed by atoms with Crippen LogP contribution in [0.1, 0.15) is 16.8 Å². The van der Waals surface area contributed by atoms with Gasteiger partial charge in [0.1, 0.15) is 18.7 Å². The van der Waals surface area contributed by atoms with Crippen LogP contribution in [-0.2, 0) is 11.4 Å². The number of carbonyl (C=O) groups is 1. The Morgan fingerprint density at radius 3 is 2.87 bits per heavy atom. The lowest BCUT2D eigenvalue weighted by molar-refractivity contribution is -0.113. The monoisotopic (exact) mass is 451 g/mol. The predicted octanol–water partition coefficient (Wildman–Crippen LogP) is 4.65. The summed E-state index contributed by atoms with van der Waals surface area (Å²) in [5.41, 5.74) is 6.62. The highest BCUT2D eigenvalue weighted by Crippen LogP contribution is 2.26. The maximum atomic E-state index is 12.6. The Labute approximate surface area is 188 Å². The molecule has 0 radical (unpaired) electrons. The number of nitrogens with one attached hydrogen (secondary N) is 1. The zero-order chi connectivity index (χ0) is 21.6. The van der Waals surface area contributed by atoms with E-state index in [9.17, 15) is 4.79 Å². The Morgan fingerprint density at radius 1 is 1.19 bits per heavy atom. The van der Waals surface area contributed by atoms with E-state index in [4.69, 9.17) is 4.74 Å². The number of nitrogens with zero attached hydrogens (tertiary/aromatic N) is 4. The Bertz CT molecular complexity index is 1170. The molecule has 0 fully saturated rings. The average Bonchev–Trinajstić information content (AvgIpc) is 3.45. The Kier molecular flexibility index (Phi) is 6.63. The van der Waals surface area contributed by atoms with E-state index in [1.807, 2.05) is 40.3 Å². The van der Waals surface area contributed by atoms with Gasteiger partial charge in [0.25, 0.3) is 0 Å². The van der Waals surface area contributed by atoms with Crippen molar-refractivity contribution in [3.05, 3.63) is 76.5 Å². The number of aromatic nitrogens is 4. The van der Waals surface area contributed by atoms with Crippen molar-refractivity contribution in [2.45, 2.75) is 25.6 Å². The number of aryl methyl sites for hydroxylation is 2. The minimum absolute atomic E-state index is 0.149. The minimum atomic E-state index is -0.149. The molecule has 1 amide bonds. The Morgan fingerprint density at radius 2 is 2.06 bits per heavy atom. The summed E-state index contributed by atoms with van der Waals surface area (Å²) in [4.78, 5) is 16.8. The van der Waals surface area contributed by atoms with Gasteiger partial charge in [-0.15, -0.1) is 21.5 Å². The van der Waals surface area contributed by atoms with Crippen LogP contribution in [0, 0.1) is 13.8 Å². The second-order valence-electron chi connectivity index (χ2n) is 6.85. The molecule has 1 N–H and O–H groups in total. The number of hydrogen-bond acceptors (Lipinski definition) is 7. The van der Waals surface area contributed by atoms with Crippen molar-refractivity contribution < 1.29 is 9.53 Å². The lowest BCUT2D eigenvalue weighted by Crippen LogP contribution is -2.15. The van der Waals surface area contributed by atoms with Crippen molar-refractivity contribution >= 4 is 34.7 Å². The van der Waals surface area contributed by atoms with Crippen LogP contribution in [0.25, 0.3) is 5.69 Å². The maximum absolute atomic E-state index is 12.6. The topological polar surface area (TPSA) is 81.9 Å². The number of hydrogen-bond donors (Lipinski definition) is 1. The lowest BCUT2D eigenvalue weighted by atomic mass is 10.1. The summed E-state index contributed by atoms with van der Waals surface area (Å²) in [6.07, 6.45) is 1.66. The van der Waals surface area contributed by atoms with E-state index in [-0.39, 0.29) is 11.7 Å². The lowest BCUT2D eigenvalue weighted by Gasteiger charge is -2.12. The fourth-order valence-corrected chi connectivity index (χ4v) is 4.12. The highest BCUT2D eigenvalue weighted by Gasteiger charge is 2.13. The van der Waals surface area contributed by atoms with Crippen molar-refractivity contribution in [1.29, 1.82) is 0 Å². The van der Waals surface area contributed by atoms with Gasteiger partial charge < -0.3 is 10.1 Å². The first kappa shape index (κ1) is 21.1. The molecule has 2 heterocycles. The molecule has 0 spiro atoms. The summed E-state index contributed by atoms with van der Waals surface area (Å²) in [5.74, 6) is 0.653. The van der Waals surface area contributed by atoms with Gasteiger partial charge in [0.2, 0.25) is 5.91 Å². The number of amides is 1. The van der Waals surface area contributed by atoms with Crippen LogP contribution in [0.3, 0.4) is 0 Å². The van der Waals surface area contributed by atoms with Crippen LogP contribution in [-0.4, -0.2) is 31.4 Å². The number of ether oxygens (including phenoxy) is 1. The van der Waals surface area contributed by atoms with Gasteiger partial charge in [-0.25, -0.2) is 4.98 Å². The normalized spacial score (nSPS) is 10.8. The molecule has 0 unspecified atom stereocenters. The van der Waals surface area contributed by atoms with Crippen LogP contribution in [0.2, 0.25) is 0 Å². The first-order valence-corrected chi connectivity index (χ1v) is 11.5. The molecular weight excluding hydrogens is 430 g/mol. The standard InChI is InChI=1S/C22H21N5O2S2/c1-15-7-8-18(9-16(15)2)27-13-24-26-22(27)31-12-21(28)25-19-5-3-4-6-20(19)29-10-17-11-30-14-23-17/h3-9,11,13-14H,10,12H2,1-2H3,(H,25,28). The van der Waals surface area contributed by atoms with E-state index in [0.717, 1.165) is 11.4 Å². The number of anilines is 1. The molecule has 2 aromatic heterocycles. The van der Waals surface area contributed by atoms with Gasteiger partial charge >= 0.3 is 0 Å². The van der Waals surface area contributed by atoms with Crippen molar-refractivity contribution in [2.75, 3.05) is 11.1 Å². The van der Waals surface area contributed by atoms with Gasteiger partial charge in [0, 0.05) is 11.1 Å². The van der Waals surface area contributed by atoms with E-state index in [2.05, 4.69) is 46.5 Å². The molecule has 4 rings (SSSR count). The van der Waals surface area contributed by atoms with Crippen LogP contribution < -0.4 is 10.1 Å². The van der Waals surface area contributed by atoms with Gasteiger partial charge in [-0.2, -0.15) is 0 Å². The molecule has 9 heteroatoms. The summed E-state index contributed by atoms with van der Waals surface area (Å²) in [6, 6.07) is 13.5. The average molecular weight is 452 g/mol. The molecule has 0 aliphatic heterocycles. The maximum Gasteiger partial charge on any atom is 0.234 e. The van der Waals surface area contributed by atoms with Crippen molar-refractivity contribution in [3.8, 4) is 11.4 Å². The molecule has 158 valence electrons. The van der Waals surface area contributed by atoms with E-state index in [1.165, 1.54) is 34.2 Å². The first-order valence-electron chi connectivity index (χ1n) is 9.59. The molecule has 2 aromatic carbocycles. The van der Waals surface area contributed by atoms with E-state index in [0.29, 0.717) is 23.2 Å². The smallest absolute Gasteiger partial charge is 0.234 e. The summed E-state index contributed by atoms with van der Waals surface area (Å²) in [7, 11) is 0.